The Hall–Kier alpha value is -0.650. The number of anilines is 1. The molecule has 0 aliphatic heterocycles. The molecule has 0 aromatic carbocycles. The third-order valence-electron chi connectivity index (χ3n) is 3.25. The lowest BCUT2D eigenvalue weighted by Gasteiger charge is -2.26. The predicted octanol–water partition coefficient (Wildman–Crippen LogP) is 2.98. The SMILES string of the molecule is CCNC(C)c1sc(N(CC)C(C)COC)nc1C. The molecule has 110 valence electrons. The highest BCUT2D eigenvalue weighted by atomic mass is 32.1. The van der Waals surface area contributed by atoms with E-state index in [1.807, 2.05) is 0 Å². The highest BCUT2D eigenvalue weighted by Crippen LogP contribution is 2.31. The van der Waals surface area contributed by atoms with Crippen LogP contribution >= 0.6 is 11.3 Å². The molecule has 0 aliphatic rings. The van der Waals surface area contributed by atoms with E-state index in [1.165, 1.54) is 4.88 Å². The number of rotatable bonds is 8. The van der Waals surface area contributed by atoms with Crippen LogP contribution in [0.2, 0.25) is 0 Å². The molecule has 5 heteroatoms. The second-order valence-electron chi connectivity index (χ2n) is 4.82. The lowest BCUT2D eigenvalue weighted by molar-refractivity contribution is 0.182. The van der Waals surface area contributed by atoms with Crippen molar-refractivity contribution < 1.29 is 4.74 Å². The molecule has 4 nitrogen and oxygen atoms in total. The first-order chi connectivity index (χ1) is 9.04. The molecule has 0 aliphatic carbocycles. The first-order valence-electron chi connectivity index (χ1n) is 7.01. The van der Waals surface area contributed by atoms with E-state index >= 15 is 0 Å². The van der Waals surface area contributed by atoms with Crippen molar-refractivity contribution in [2.45, 2.75) is 46.7 Å². The van der Waals surface area contributed by atoms with E-state index < -0.39 is 0 Å². The molecule has 2 atom stereocenters. The fourth-order valence-electron chi connectivity index (χ4n) is 2.28. The number of aromatic nitrogens is 1. The number of nitrogens with one attached hydrogen (secondary N) is 1. The zero-order chi connectivity index (χ0) is 14.4. The summed E-state index contributed by atoms with van der Waals surface area (Å²) in [5.74, 6) is 0. The van der Waals surface area contributed by atoms with Crippen molar-refractivity contribution in [3.63, 3.8) is 0 Å². The van der Waals surface area contributed by atoms with Crippen molar-refractivity contribution in [2.24, 2.45) is 0 Å². The van der Waals surface area contributed by atoms with Crippen LogP contribution in [0.1, 0.15) is 44.3 Å². The summed E-state index contributed by atoms with van der Waals surface area (Å²) >= 11 is 1.79. The third kappa shape index (κ3) is 4.16. The Morgan fingerprint density at radius 2 is 2.05 bits per heavy atom. The van der Waals surface area contributed by atoms with Crippen molar-refractivity contribution in [1.82, 2.24) is 10.3 Å². The Morgan fingerprint density at radius 1 is 1.37 bits per heavy atom. The minimum Gasteiger partial charge on any atom is -0.383 e. The maximum absolute atomic E-state index is 5.25. The van der Waals surface area contributed by atoms with Gasteiger partial charge in [0.05, 0.1) is 18.3 Å². The minimum absolute atomic E-state index is 0.350. The van der Waals surface area contributed by atoms with Gasteiger partial charge < -0.3 is 15.0 Å². The summed E-state index contributed by atoms with van der Waals surface area (Å²) < 4.78 is 5.25. The summed E-state index contributed by atoms with van der Waals surface area (Å²) in [7, 11) is 1.75. The average Bonchev–Trinajstić information content (AvgIpc) is 2.73. The number of ether oxygens (including phenoxy) is 1. The van der Waals surface area contributed by atoms with Crippen LogP contribution in [0.4, 0.5) is 5.13 Å². The van der Waals surface area contributed by atoms with Crippen LogP contribution in [-0.4, -0.2) is 37.8 Å². The molecule has 0 bridgehead atoms. The van der Waals surface area contributed by atoms with Gasteiger partial charge in [0, 0.05) is 24.6 Å². The molecule has 1 heterocycles. The monoisotopic (exact) mass is 285 g/mol. The fraction of sp³-hybridized carbons (Fsp3) is 0.786. The molecule has 1 N–H and O–H groups in total. The number of hydrogen-bond acceptors (Lipinski definition) is 5. The molecule has 0 amide bonds. The van der Waals surface area contributed by atoms with Gasteiger partial charge in [-0.05, 0) is 34.2 Å². The van der Waals surface area contributed by atoms with E-state index in [9.17, 15) is 0 Å². The van der Waals surface area contributed by atoms with Crippen molar-refractivity contribution in [3.8, 4) is 0 Å². The van der Waals surface area contributed by atoms with Gasteiger partial charge in [0.15, 0.2) is 5.13 Å². The van der Waals surface area contributed by atoms with Crippen LogP contribution in [0, 0.1) is 6.92 Å². The van der Waals surface area contributed by atoms with Crippen LogP contribution in [0.25, 0.3) is 0 Å². The number of likely N-dealkylation sites (N-methyl/N-ethyl adjacent to an activating group) is 1. The second kappa shape index (κ2) is 7.82. The molecule has 0 fully saturated rings. The van der Waals surface area contributed by atoms with Crippen LogP contribution in [0.5, 0.6) is 0 Å². The first kappa shape index (κ1) is 16.4. The third-order valence-corrected chi connectivity index (χ3v) is 4.63. The second-order valence-corrected chi connectivity index (χ2v) is 5.82. The highest BCUT2D eigenvalue weighted by Gasteiger charge is 2.20. The predicted molar refractivity (Wildman–Crippen MR) is 83.3 cm³/mol. The van der Waals surface area contributed by atoms with Gasteiger partial charge in [0.1, 0.15) is 0 Å². The van der Waals surface area contributed by atoms with Gasteiger partial charge in [-0.15, -0.1) is 11.3 Å². The number of hydrogen-bond donors (Lipinski definition) is 1. The summed E-state index contributed by atoms with van der Waals surface area (Å²) in [6.45, 7) is 13.4. The number of nitrogens with zero attached hydrogens (tertiary/aromatic N) is 2. The van der Waals surface area contributed by atoms with Crippen LogP contribution in [0.15, 0.2) is 0 Å². The fourth-order valence-corrected chi connectivity index (χ4v) is 3.54. The standard InChI is InChI=1S/C14H27N3OS/c1-7-15-11(4)13-12(5)16-14(19-13)17(8-2)10(3)9-18-6/h10-11,15H,7-9H2,1-6H3. The van der Waals surface area contributed by atoms with E-state index in [4.69, 9.17) is 9.72 Å². The smallest absolute Gasteiger partial charge is 0.186 e. The molecular formula is C14H27N3OS. The molecule has 0 spiro atoms. The van der Waals surface area contributed by atoms with Crippen molar-refractivity contribution in [1.29, 1.82) is 0 Å². The topological polar surface area (TPSA) is 37.4 Å². The molecule has 0 saturated carbocycles. The highest BCUT2D eigenvalue weighted by molar-refractivity contribution is 7.15. The van der Waals surface area contributed by atoms with Crippen molar-refractivity contribution in [2.75, 3.05) is 31.7 Å². The van der Waals surface area contributed by atoms with Gasteiger partial charge in [-0.25, -0.2) is 4.98 Å². The lowest BCUT2D eigenvalue weighted by atomic mass is 10.2. The van der Waals surface area contributed by atoms with E-state index in [0.29, 0.717) is 12.1 Å². The number of thiazole rings is 1. The van der Waals surface area contributed by atoms with Gasteiger partial charge in [-0.1, -0.05) is 6.92 Å². The Morgan fingerprint density at radius 3 is 2.58 bits per heavy atom. The van der Waals surface area contributed by atoms with Crippen LogP contribution in [0.3, 0.4) is 0 Å². The normalized spacial score (nSPS) is 14.4. The number of aryl methyl sites for hydroxylation is 1. The maximum atomic E-state index is 5.25. The molecular weight excluding hydrogens is 258 g/mol. The van der Waals surface area contributed by atoms with Crippen molar-refractivity contribution >= 4 is 16.5 Å². The van der Waals surface area contributed by atoms with E-state index in [-0.39, 0.29) is 0 Å². The Balaban J connectivity index is 2.91. The Kier molecular flexibility index (Phi) is 6.75. The summed E-state index contributed by atoms with van der Waals surface area (Å²) in [5, 5.41) is 4.56. The summed E-state index contributed by atoms with van der Waals surface area (Å²) in [6, 6.07) is 0.718. The van der Waals surface area contributed by atoms with Gasteiger partial charge in [0.2, 0.25) is 0 Å². The number of methoxy groups -OCH3 is 1. The zero-order valence-electron chi connectivity index (χ0n) is 13.0. The minimum atomic E-state index is 0.350. The molecule has 19 heavy (non-hydrogen) atoms. The van der Waals surface area contributed by atoms with Gasteiger partial charge >= 0.3 is 0 Å². The Bertz CT molecular complexity index is 381. The molecule has 2 unspecified atom stereocenters. The maximum Gasteiger partial charge on any atom is 0.186 e. The average molecular weight is 285 g/mol. The van der Waals surface area contributed by atoms with Gasteiger partial charge in [0.25, 0.3) is 0 Å². The summed E-state index contributed by atoms with van der Waals surface area (Å²) in [5.41, 5.74) is 1.14. The van der Waals surface area contributed by atoms with E-state index in [2.05, 4.69) is 44.8 Å². The van der Waals surface area contributed by atoms with Crippen molar-refractivity contribution in [3.05, 3.63) is 10.6 Å². The van der Waals surface area contributed by atoms with E-state index in [1.54, 1.807) is 18.4 Å². The van der Waals surface area contributed by atoms with Crippen LogP contribution in [-0.2, 0) is 4.74 Å². The Labute approximate surface area is 121 Å². The largest absolute Gasteiger partial charge is 0.383 e. The molecule has 1 aromatic heterocycles. The van der Waals surface area contributed by atoms with Crippen LogP contribution < -0.4 is 10.2 Å². The quantitative estimate of drug-likeness (QED) is 0.797. The molecule has 0 radical (unpaired) electrons. The summed E-state index contributed by atoms with van der Waals surface area (Å²) in [4.78, 5) is 8.38. The summed E-state index contributed by atoms with van der Waals surface area (Å²) in [6.07, 6.45) is 0. The van der Waals surface area contributed by atoms with E-state index in [0.717, 1.165) is 30.5 Å². The molecule has 0 saturated heterocycles. The zero-order valence-corrected chi connectivity index (χ0v) is 13.8. The molecule has 1 aromatic rings. The molecule has 1 rings (SSSR count). The van der Waals surface area contributed by atoms with Gasteiger partial charge in [-0.3, -0.25) is 0 Å². The first-order valence-corrected chi connectivity index (χ1v) is 7.82. The lowest BCUT2D eigenvalue weighted by Crippen LogP contribution is -2.36. The van der Waals surface area contributed by atoms with Gasteiger partial charge in [-0.2, -0.15) is 0 Å².